The highest BCUT2D eigenvalue weighted by molar-refractivity contribution is 9.10. The quantitative estimate of drug-likeness (QED) is 0.868. The van der Waals surface area contributed by atoms with Crippen molar-refractivity contribution in [2.24, 2.45) is 0 Å². The maximum Gasteiger partial charge on any atom is 0.221 e. The van der Waals surface area contributed by atoms with Gasteiger partial charge < -0.3 is 10.6 Å². The highest BCUT2D eigenvalue weighted by Gasteiger charge is 2.05. The number of nitrogens with one attached hydrogen (secondary N) is 2. The summed E-state index contributed by atoms with van der Waals surface area (Å²) < 4.78 is 14.1. The van der Waals surface area contributed by atoms with Crippen LogP contribution in [0.3, 0.4) is 0 Å². The Balaban J connectivity index is 2.47. The van der Waals surface area contributed by atoms with Gasteiger partial charge in [0.05, 0.1) is 0 Å². The van der Waals surface area contributed by atoms with Crippen LogP contribution in [0, 0.1) is 5.82 Å². The number of benzene rings is 1. The fourth-order valence-corrected chi connectivity index (χ4v) is 1.61. The van der Waals surface area contributed by atoms with Crippen molar-refractivity contribution < 1.29 is 9.18 Å². The summed E-state index contributed by atoms with van der Waals surface area (Å²) in [6, 6.07) is 4.66. The van der Waals surface area contributed by atoms with Gasteiger partial charge in [-0.1, -0.05) is 15.9 Å². The first kappa shape index (κ1) is 13.1. The normalized spacial score (nSPS) is 10.2. The molecule has 1 aromatic carbocycles. The summed E-state index contributed by atoms with van der Waals surface area (Å²) in [6.45, 7) is 0.834. The van der Waals surface area contributed by atoms with Crippen LogP contribution in [0.1, 0.15) is 12.0 Å². The van der Waals surface area contributed by atoms with Crippen molar-refractivity contribution in [3.63, 3.8) is 0 Å². The van der Waals surface area contributed by atoms with Crippen LogP contribution < -0.4 is 10.6 Å². The molecular weight excluding hydrogens is 275 g/mol. The first-order valence-electron chi connectivity index (χ1n) is 4.98. The van der Waals surface area contributed by atoms with Crippen LogP contribution in [0.4, 0.5) is 4.39 Å². The molecule has 0 fully saturated rings. The third-order valence-electron chi connectivity index (χ3n) is 2.09. The van der Waals surface area contributed by atoms with Gasteiger partial charge in [0.15, 0.2) is 0 Å². The van der Waals surface area contributed by atoms with E-state index in [0.29, 0.717) is 18.5 Å². The summed E-state index contributed by atoms with van der Waals surface area (Å²) in [5.74, 6) is -0.397. The lowest BCUT2D eigenvalue weighted by Crippen LogP contribution is -2.26. The van der Waals surface area contributed by atoms with Crippen molar-refractivity contribution in [2.45, 2.75) is 13.0 Å². The lowest BCUT2D eigenvalue weighted by atomic mass is 10.2. The molecule has 0 spiro atoms. The molecule has 0 heterocycles. The van der Waals surface area contributed by atoms with Gasteiger partial charge in [-0.25, -0.2) is 4.39 Å². The van der Waals surface area contributed by atoms with E-state index >= 15 is 0 Å². The summed E-state index contributed by atoms with van der Waals surface area (Å²) in [6.07, 6.45) is 0.395. The molecule has 0 aliphatic heterocycles. The molecule has 0 aliphatic rings. The van der Waals surface area contributed by atoms with Gasteiger partial charge in [-0.05, 0) is 25.2 Å². The van der Waals surface area contributed by atoms with Gasteiger partial charge in [-0.3, -0.25) is 4.79 Å². The van der Waals surface area contributed by atoms with Crippen molar-refractivity contribution in [2.75, 3.05) is 13.6 Å². The lowest BCUT2D eigenvalue weighted by molar-refractivity contribution is -0.121. The second-order valence-electron chi connectivity index (χ2n) is 3.37. The first-order valence-corrected chi connectivity index (χ1v) is 5.78. The zero-order valence-corrected chi connectivity index (χ0v) is 10.6. The molecule has 0 atom stereocenters. The van der Waals surface area contributed by atoms with Crippen molar-refractivity contribution in [3.05, 3.63) is 34.1 Å². The molecule has 0 unspecified atom stereocenters. The second kappa shape index (κ2) is 6.60. The van der Waals surface area contributed by atoms with E-state index < -0.39 is 0 Å². The topological polar surface area (TPSA) is 41.1 Å². The summed E-state index contributed by atoms with van der Waals surface area (Å²) in [5, 5.41) is 5.54. The maximum atomic E-state index is 13.3. The minimum atomic E-state index is -0.308. The van der Waals surface area contributed by atoms with E-state index in [1.807, 2.05) is 0 Å². The van der Waals surface area contributed by atoms with Gasteiger partial charge in [0.1, 0.15) is 5.82 Å². The number of amides is 1. The molecule has 88 valence electrons. The van der Waals surface area contributed by atoms with E-state index in [1.165, 1.54) is 6.07 Å². The summed E-state index contributed by atoms with van der Waals surface area (Å²) in [7, 11) is 1.78. The van der Waals surface area contributed by atoms with Crippen molar-refractivity contribution in [3.8, 4) is 0 Å². The highest BCUT2D eigenvalue weighted by atomic mass is 79.9. The van der Waals surface area contributed by atoms with Gasteiger partial charge in [-0.15, -0.1) is 0 Å². The number of hydrogen-bond acceptors (Lipinski definition) is 2. The van der Waals surface area contributed by atoms with Gasteiger partial charge in [-0.2, -0.15) is 0 Å². The number of carbonyl (C=O) groups is 1. The molecule has 1 aromatic rings. The molecule has 0 aromatic heterocycles. The fraction of sp³-hybridized carbons (Fsp3) is 0.364. The molecule has 0 radical (unpaired) electrons. The molecule has 0 saturated carbocycles. The van der Waals surface area contributed by atoms with E-state index in [4.69, 9.17) is 0 Å². The number of halogens is 2. The molecule has 5 heteroatoms. The molecule has 1 amide bonds. The van der Waals surface area contributed by atoms with Gasteiger partial charge in [0.25, 0.3) is 0 Å². The Kier molecular flexibility index (Phi) is 5.42. The Morgan fingerprint density at radius 2 is 2.25 bits per heavy atom. The standard InChI is InChI=1S/C11H14BrFN2O/c1-14-5-4-11(16)15-7-8-6-9(12)2-3-10(8)13/h2-3,6,14H,4-5,7H2,1H3,(H,15,16). The summed E-state index contributed by atoms with van der Waals surface area (Å²) >= 11 is 3.26. The third-order valence-corrected chi connectivity index (χ3v) is 2.58. The van der Waals surface area contributed by atoms with Crippen molar-refractivity contribution >= 4 is 21.8 Å². The molecule has 0 saturated heterocycles. The zero-order chi connectivity index (χ0) is 12.0. The Morgan fingerprint density at radius 3 is 2.94 bits per heavy atom. The minimum absolute atomic E-state index is 0.0891. The van der Waals surface area contributed by atoms with Gasteiger partial charge in [0.2, 0.25) is 5.91 Å². The smallest absolute Gasteiger partial charge is 0.221 e. The van der Waals surface area contributed by atoms with E-state index in [9.17, 15) is 9.18 Å². The molecular formula is C11H14BrFN2O. The predicted molar refractivity (Wildman–Crippen MR) is 64.5 cm³/mol. The van der Waals surface area contributed by atoms with Crippen LogP contribution in [0.25, 0.3) is 0 Å². The van der Waals surface area contributed by atoms with E-state index in [1.54, 1.807) is 19.2 Å². The van der Waals surface area contributed by atoms with Crippen LogP contribution in [-0.4, -0.2) is 19.5 Å². The summed E-state index contributed by atoms with van der Waals surface area (Å²) in [4.78, 5) is 11.3. The molecule has 0 bridgehead atoms. The Labute approximate surface area is 103 Å². The SMILES string of the molecule is CNCCC(=O)NCc1cc(Br)ccc1F. The zero-order valence-electron chi connectivity index (χ0n) is 9.02. The average molecular weight is 289 g/mol. The van der Waals surface area contributed by atoms with E-state index in [-0.39, 0.29) is 18.3 Å². The van der Waals surface area contributed by atoms with Crippen LogP contribution in [0.2, 0.25) is 0 Å². The van der Waals surface area contributed by atoms with E-state index in [2.05, 4.69) is 26.6 Å². The second-order valence-corrected chi connectivity index (χ2v) is 4.28. The van der Waals surface area contributed by atoms with Crippen LogP contribution >= 0.6 is 15.9 Å². The Morgan fingerprint density at radius 1 is 1.50 bits per heavy atom. The molecule has 1 rings (SSSR count). The Hall–Kier alpha value is -0.940. The number of carbonyl (C=O) groups excluding carboxylic acids is 1. The van der Waals surface area contributed by atoms with Crippen LogP contribution in [-0.2, 0) is 11.3 Å². The maximum absolute atomic E-state index is 13.3. The average Bonchev–Trinajstić information content (AvgIpc) is 2.27. The van der Waals surface area contributed by atoms with Crippen molar-refractivity contribution in [1.29, 1.82) is 0 Å². The summed E-state index contributed by atoms with van der Waals surface area (Å²) in [5.41, 5.74) is 0.479. The van der Waals surface area contributed by atoms with Gasteiger partial charge >= 0.3 is 0 Å². The van der Waals surface area contributed by atoms with Crippen molar-refractivity contribution in [1.82, 2.24) is 10.6 Å². The molecule has 0 aliphatic carbocycles. The molecule has 16 heavy (non-hydrogen) atoms. The number of hydrogen-bond donors (Lipinski definition) is 2. The van der Waals surface area contributed by atoms with Gasteiger partial charge in [0, 0.05) is 29.5 Å². The first-order chi connectivity index (χ1) is 7.63. The van der Waals surface area contributed by atoms with E-state index in [0.717, 1.165) is 4.47 Å². The minimum Gasteiger partial charge on any atom is -0.352 e. The number of rotatable bonds is 5. The predicted octanol–water partition coefficient (Wildman–Crippen LogP) is 1.81. The lowest BCUT2D eigenvalue weighted by Gasteiger charge is -2.06. The third kappa shape index (κ3) is 4.28. The Bertz CT molecular complexity index is 371. The molecule has 2 N–H and O–H groups in total. The monoisotopic (exact) mass is 288 g/mol. The largest absolute Gasteiger partial charge is 0.352 e. The van der Waals surface area contributed by atoms with Crippen LogP contribution in [0.15, 0.2) is 22.7 Å². The van der Waals surface area contributed by atoms with Crippen LogP contribution in [0.5, 0.6) is 0 Å². The highest BCUT2D eigenvalue weighted by Crippen LogP contribution is 2.15. The molecule has 3 nitrogen and oxygen atoms in total. The fourth-order valence-electron chi connectivity index (χ4n) is 1.20.